The number of aromatic nitrogens is 1. The van der Waals surface area contributed by atoms with E-state index in [-0.39, 0.29) is 4.90 Å². The molecule has 0 bridgehead atoms. The molecule has 1 saturated heterocycles. The van der Waals surface area contributed by atoms with Crippen molar-refractivity contribution in [2.24, 2.45) is 0 Å². The first-order valence-electron chi connectivity index (χ1n) is 6.66. The molecule has 0 saturated carbocycles. The Bertz CT molecular complexity index is 763. The Morgan fingerprint density at radius 1 is 1.05 bits per heavy atom. The summed E-state index contributed by atoms with van der Waals surface area (Å²) >= 11 is 0. The molecule has 0 atom stereocenters. The van der Waals surface area contributed by atoms with Crippen molar-refractivity contribution in [1.82, 2.24) is 14.2 Å². The van der Waals surface area contributed by atoms with Crippen LogP contribution in [0.2, 0.25) is 0 Å². The molecule has 1 aromatic heterocycles. The van der Waals surface area contributed by atoms with Gasteiger partial charge in [0.2, 0.25) is 16.4 Å². The lowest BCUT2D eigenvalue weighted by atomic mass is 10.2. The van der Waals surface area contributed by atoms with Gasteiger partial charge >= 0.3 is 0 Å². The van der Waals surface area contributed by atoms with Crippen LogP contribution in [0.5, 0.6) is 0 Å². The fourth-order valence-electron chi connectivity index (χ4n) is 2.47. The van der Waals surface area contributed by atoms with Gasteiger partial charge in [0.25, 0.3) is 0 Å². The highest BCUT2D eigenvalue weighted by Crippen LogP contribution is 2.24. The molecule has 0 aliphatic carbocycles. The molecule has 110 valence electrons. The molecule has 3 rings (SSSR count). The Kier molecular flexibility index (Phi) is 3.60. The van der Waals surface area contributed by atoms with Crippen LogP contribution in [0, 0.1) is 0 Å². The van der Waals surface area contributed by atoms with E-state index < -0.39 is 10.0 Å². The lowest BCUT2D eigenvalue weighted by molar-refractivity contribution is -0.119. The summed E-state index contributed by atoms with van der Waals surface area (Å²) in [5.41, 5.74) is 0.484. The number of hydrogen-bond donors (Lipinski definition) is 0. The van der Waals surface area contributed by atoms with Crippen molar-refractivity contribution >= 4 is 27.3 Å². The van der Waals surface area contributed by atoms with Gasteiger partial charge in [0.05, 0.1) is 5.52 Å². The minimum Gasteiger partial charge on any atom is -0.343 e. The summed E-state index contributed by atoms with van der Waals surface area (Å²) in [5, 5.41) is 0.796. The second-order valence-electron chi connectivity index (χ2n) is 4.88. The first kappa shape index (κ1) is 14.0. The standard InChI is InChI=1S/C14H15N3O3S/c18-11-16-7-9-17(10-8-16)21(19,20)13-5-1-3-12-4-2-6-15-14(12)13/h1-6,11H,7-10H2. The third kappa shape index (κ3) is 2.50. The van der Waals surface area contributed by atoms with Gasteiger partial charge in [0.15, 0.2) is 0 Å². The topological polar surface area (TPSA) is 70.6 Å². The number of fused-ring (bicyclic) bond motifs is 1. The fraction of sp³-hybridized carbons (Fsp3) is 0.286. The molecule has 6 nitrogen and oxygen atoms in total. The summed E-state index contributed by atoms with van der Waals surface area (Å²) in [6.07, 6.45) is 2.34. The number of sulfonamides is 1. The average Bonchev–Trinajstić information content (AvgIpc) is 2.54. The maximum absolute atomic E-state index is 12.8. The van der Waals surface area contributed by atoms with Gasteiger partial charge in [0, 0.05) is 37.8 Å². The summed E-state index contributed by atoms with van der Waals surface area (Å²) in [5.74, 6) is 0. The second kappa shape index (κ2) is 5.42. The van der Waals surface area contributed by atoms with Gasteiger partial charge in [-0.15, -0.1) is 0 Å². The molecular weight excluding hydrogens is 290 g/mol. The van der Waals surface area contributed by atoms with E-state index in [0.717, 1.165) is 11.8 Å². The summed E-state index contributed by atoms with van der Waals surface area (Å²) in [6.45, 7) is 1.45. The number of carbonyl (C=O) groups excluding carboxylic acids is 1. The van der Waals surface area contributed by atoms with Crippen molar-refractivity contribution < 1.29 is 13.2 Å². The van der Waals surface area contributed by atoms with Gasteiger partial charge in [-0.05, 0) is 12.1 Å². The molecule has 2 aromatic rings. The quantitative estimate of drug-likeness (QED) is 0.783. The van der Waals surface area contributed by atoms with Crippen molar-refractivity contribution in [2.75, 3.05) is 26.2 Å². The Morgan fingerprint density at radius 3 is 2.48 bits per heavy atom. The van der Waals surface area contributed by atoms with Crippen LogP contribution in [-0.4, -0.2) is 55.2 Å². The van der Waals surface area contributed by atoms with Crippen LogP contribution in [0.4, 0.5) is 0 Å². The van der Waals surface area contributed by atoms with Gasteiger partial charge in [-0.3, -0.25) is 9.78 Å². The summed E-state index contributed by atoms with van der Waals surface area (Å²) in [6, 6.07) is 8.76. The molecule has 0 unspecified atom stereocenters. The number of carbonyl (C=O) groups is 1. The zero-order valence-electron chi connectivity index (χ0n) is 11.3. The zero-order chi connectivity index (χ0) is 14.9. The normalized spacial score (nSPS) is 17.0. The van der Waals surface area contributed by atoms with E-state index in [1.165, 1.54) is 4.31 Å². The smallest absolute Gasteiger partial charge is 0.245 e. The number of pyridine rings is 1. The minimum atomic E-state index is -3.59. The van der Waals surface area contributed by atoms with Crippen molar-refractivity contribution in [1.29, 1.82) is 0 Å². The number of amides is 1. The number of para-hydroxylation sites is 1. The predicted octanol–water partition coefficient (Wildman–Crippen LogP) is 0.698. The molecule has 7 heteroatoms. The maximum atomic E-state index is 12.8. The highest BCUT2D eigenvalue weighted by Gasteiger charge is 2.29. The van der Waals surface area contributed by atoms with E-state index in [4.69, 9.17) is 0 Å². The zero-order valence-corrected chi connectivity index (χ0v) is 12.2. The molecule has 2 heterocycles. The Labute approximate surface area is 123 Å². The molecule has 1 amide bonds. The number of piperazine rings is 1. The van der Waals surface area contributed by atoms with E-state index in [0.29, 0.717) is 31.7 Å². The van der Waals surface area contributed by atoms with Crippen LogP contribution in [-0.2, 0) is 14.8 Å². The predicted molar refractivity (Wildman–Crippen MR) is 78.1 cm³/mol. The maximum Gasteiger partial charge on any atom is 0.245 e. The lowest BCUT2D eigenvalue weighted by Crippen LogP contribution is -2.48. The van der Waals surface area contributed by atoms with Crippen molar-refractivity contribution in [3.05, 3.63) is 36.5 Å². The Morgan fingerprint density at radius 2 is 1.76 bits per heavy atom. The molecule has 0 N–H and O–H groups in total. The van der Waals surface area contributed by atoms with Gasteiger partial charge in [-0.25, -0.2) is 8.42 Å². The third-order valence-electron chi connectivity index (χ3n) is 3.64. The molecule has 0 spiro atoms. The second-order valence-corrected chi connectivity index (χ2v) is 6.78. The van der Waals surface area contributed by atoms with Gasteiger partial charge in [-0.1, -0.05) is 18.2 Å². The summed E-state index contributed by atoms with van der Waals surface area (Å²) in [4.78, 5) is 16.7. The first-order chi connectivity index (χ1) is 10.1. The fourth-order valence-corrected chi connectivity index (χ4v) is 4.06. The number of rotatable bonds is 3. The Balaban J connectivity index is 1.99. The van der Waals surface area contributed by atoms with E-state index in [2.05, 4.69) is 4.98 Å². The molecule has 1 fully saturated rings. The van der Waals surface area contributed by atoms with Crippen molar-refractivity contribution in [3.63, 3.8) is 0 Å². The average molecular weight is 305 g/mol. The van der Waals surface area contributed by atoms with Gasteiger partial charge < -0.3 is 4.90 Å². The van der Waals surface area contributed by atoms with Crippen LogP contribution >= 0.6 is 0 Å². The number of benzene rings is 1. The number of hydrogen-bond acceptors (Lipinski definition) is 4. The van der Waals surface area contributed by atoms with Crippen molar-refractivity contribution in [3.8, 4) is 0 Å². The van der Waals surface area contributed by atoms with Crippen LogP contribution in [0.15, 0.2) is 41.4 Å². The molecule has 0 radical (unpaired) electrons. The number of nitrogens with zero attached hydrogens (tertiary/aromatic N) is 3. The van der Waals surface area contributed by atoms with Crippen LogP contribution in [0.1, 0.15) is 0 Å². The molecule has 21 heavy (non-hydrogen) atoms. The van der Waals surface area contributed by atoms with E-state index in [1.54, 1.807) is 29.3 Å². The Hall–Kier alpha value is -1.99. The third-order valence-corrected chi connectivity index (χ3v) is 5.57. The largest absolute Gasteiger partial charge is 0.343 e. The van der Waals surface area contributed by atoms with Crippen LogP contribution < -0.4 is 0 Å². The van der Waals surface area contributed by atoms with Crippen LogP contribution in [0.25, 0.3) is 10.9 Å². The first-order valence-corrected chi connectivity index (χ1v) is 8.10. The highest BCUT2D eigenvalue weighted by molar-refractivity contribution is 7.89. The SMILES string of the molecule is O=CN1CCN(S(=O)(=O)c2cccc3cccnc23)CC1. The minimum absolute atomic E-state index is 0.222. The molecular formula is C14H15N3O3S. The lowest BCUT2D eigenvalue weighted by Gasteiger charge is -2.31. The van der Waals surface area contributed by atoms with E-state index >= 15 is 0 Å². The summed E-state index contributed by atoms with van der Waals surface area (Å²) in [7, 11) is -3.59. The highest BCUT2D eigenvalue weighted by atomic mass is 32.2. The molecule has 1 aliphatic rings. The van der Waals surface area contributed by atoms with Gasteiger partial charge in [0.1, 0.15) is 4.90 Å². The molecule has 1 aromatic carbocycles. The van der Waals surface area contributed by atoms with Gasteiger partial charge in [-0.2, -0.15) is 4.31 Å². The van der Waals surface area contributed by atoms with E-state index in [9.17, 15) is 13.2 Å². The van der Waals surface area contributed by atoms with E-state index in [1.807, 2.05) is 12.1 Å². The summed E-state index contributed by atoms with van der Waals surface area (Å²) < 4.78 is 27.0. The van der Waals surface area contributed by atoms with Crippen LogP contribution in [0.3, 0.4) is 0 Å². The molecule has 1 aliphatic heterocycles. The van der Waals surface area contributed by atoms with Crippen molar-refractivity contribution in [2.45, 2.75) is 4.90 Å². The monoisotopic (exact) mass is 305 g/mol.